The van der Waals surface area contributed by atoms with Crippen LogP contribution in [0.2, 0.25) is 0 Å². The first kappa shape index (κ1) is 14.8. The van der Waals surface area contributed by atoms with E-state index in [-0.39, 0.29) is 17.2 Å². The van der Waals surface area contributed by atoms with E-state index >= 15 is 0 Å². The number of methoxy groups -OCH3 is 1. The van der Waals surface area contributed by atoms with Gasteiger partial charge in [-0.05, 0) is 24.1 Å². The van der Waals surface area contributed by atoms with E-state index in [1.165, 1.54) is 19.2 Å². The van der Waals surface area contributed by atoms with Gasteiger partial charge in [0.15, 0.2) is 0 Å². The number of nitrogens with zero attached hydrogens (tertiary/aromatic N) is 2. The van der Waals surface area contributed by atoms with E-state index in [0.29, 0.717) is 13.0 Å². The molecule has 0 fully saturated rings. The summed E-state index contributed by atoms with van der Waals surface area (Å²) in [6.45, 7) is 0.462. The molecule has 21 heavy (non-hydrogen) atoms. The summed E-state index contributed by atoms with van der Waals surface area (Å²) in [6, 6.07) is 10.4. The average molecular weight is 287 g/mol. The zero-order valence-electron chi connectivity index (χ0n) is 12.0. The summed E-state index contributed by atoms with van der Waals surface area (Å²) in [5.74, 6) is 0.493. The summed E-state index contributed by atoms with van der Waals surface area (Å²) in [6.07, 6.45) is 0.654. The molecule has 2 aromatic rings. The summed E-state index contributed by atoms with van der Waals surface area (Å²) >= 11 is 0. The van der Waals surface area contributed by atoms with Crippen LogP contribution in [0.3, 0.4) is 0 Å². The van der Waals surface area contributed by atoms with Crippen molar-refractivity contribution < 1.29 is 9.53 Å². The Morgan fingerprint density at radius 1 is 1.29 bits per heavy atom. The topological polar surface area (TPSA) is 73.2 Å². The monoisotopic (exact) mass is 287 g/mol. The van der Waals surface area contributed by atoms with E-state index in [9.17, 15) is 9.59 Å². The lowest BCUT2D eigenvalue weighted by molar-refractivity contribution is 0.0946. The number of carbonyl (C=O) groups is 1. The molecule has 1 N–H and O–H groups in total. The predicted molar refractivity (Wildman–Crippen MR) is 78.5 cm³/mol. The van der Waals surface area contributed by atoms with Gasteiger partial charge in [-0.2, -0.15) is 5.10 Å². The molecular formula is C15H17N3O3. The lowest BCUT2D eigenvalue weighted by Crippen LogP contribution is -2.29. The second-order valence-corrected chi connectivity index (χ2v) is 4.50. The molecule has 0 bridgehead atoms. The third-order valence-corrected chi connectivity index (χ3v) is 3.07. The van der Waals surface area contributed by atoms with Crippen LogP contribution < -0.4 is 15.6 Å². The Hall–Kier alpha value is -2.63. The largest absolute Gasteiger partial charge is 0.496 e. The Morgan fingerprint density at radius 3 is 2.76 bits per heavy atom. The van der Waals surface area contributed by atoms with Crippen molar-refractivity contribution in [2.75, 3.05) is 13.7 Å². The lowest BCUT2D eigenvalue weighted by atomic mass is 10.1. The molecule has 0 aliphatic heterocycles. The second kappa shape index (κ2) is 6.69. The van der Waals surface area contributed by atoms with Crippen LogP contribution in [-0.4, -0.2) is 29.3 Å². The molecule has 6 heteroatoms. The number of hydrogen-bond acceptors (Lipinski definition) is 4. The van der Waals surface area contributed by atoms with E-state index in [4.69, 9.17) is 4.74 Å². The van der Waals surface area contributed by atoms with E-state index in [1.807, 2.05) is 24.3 Å². The van der Waals surface area contributed by atoms with Gasteiger partial charge < -0.3 is 10.1 Å². The van der Waals surface area contributed by atoms with Crippen molar-refractivity contribution in [3.8, 4) is 5.75 Å². The van der Waals surface area contributed by atoms with Crippen molar-refractivity contribution >= 4 is 5.91 Å². The number of rotatable bonds is 5. The molecule has 1 aromatic carbocycles. The van der Waals surface area contributed by atoms with Crippen LogP contribution in [-0.2, 0) is 13.5 Å². The first-order valence-electron chi connectivity index (χ1n) is 6.56. The zero-order valence-corrected chi connectivity index (χ0v) is 12.0. The van der Waals surface area contributed by atoms with Crippen molar-refractivity contribution in [3.05, 3.63) is 58.0 Å². The molecule has 1 aromatic heterocycles. The van der Waals surface area contributed by atoms with Gasteiger partial charge >= 0.3 is 0 Å². The highest BCUT2D eigenvalue weighted by atomic mass is 16.5. The number of nitrogens with one attached hydrogen (secondary N) is 1. The Balaban J connectivity index is 1.95. The maximum atomic E-state index is 11.9. The molecule has 0 saturated carbocycles. The minimum atomic E-state index is -0.305. The van der Waals surface area contributed by atoms with Crippen molar-refractivity contribution in [1.29, 1.82) is 0 Å². The van der Waals surface area contributed by atoms with E-state index in [0.717, 1.165) is 16.0 Å². The number of ether oxygens (including phenoxy) is 1. The second-order valence-electron chi connectivity index (χ2n) is 4.50. The zero-order chi connectivity index (χ0) is 15.2. The number of benzene rings is 1. The quantitative estimate of drug-likeness (QED) is 0.881. The number of hydrogen-bond donors (Lipinski definition) is 1. The Labute approximate surface area is 122 Å². The Morgan fingerprint density at radius 2 is 2.05 bits per heavy atom. The minimum Gasteiger partial charge on any atom is -0.496 e. The molecule has 0 aliphatic rings. The molecule has 0 atom stereocenters. The highest BCUT2D eigenvalue weighted by Crippen LogP contribution is 2.17. The summed E-state index contributed by atoms with van der Waals surface area (Å²) in [7, 11) is 3.12. The average Bonchev–Trinajstić information content (AvgIpc) is 2.50. The molecule has 0 spiro atoms. The van der Waals surface area contributed by atoms with Crippen LogP contribution in [0.15, 0.2) is 41.2 Å². The van der Waals surface area contributed by atoms with Gasteiger partial charge in [-0.3, -0.25) is 9.59 Å². The standard InChI is InChI=1S/C15H17N3O3/c1-18-14(19)8-7-12(17-18)15(20)16-10-9-11-5-3-4-6-13(11)21-2/h3-8H,9-10H2,1-2H3,(H,16,20). The Kier molecular flexibility index (Phi) is 4.71. The highest BCUT2D eigenvalue weighted by molar-refractivity contribution is 5.91. The molecule has 110 valence electrons. The smallest absolute Gasteiger partial charge is 0.271 e. The van der Waals surface area contributed by atoms with Gasteiger partial charge in [0.1, 0.15) is 11.4 Å². The summed E-state index contributed by atoms with van der Waals surface area (Å²) in [5.41, 5.74) is 0.992. The van der Waals surface area contributed by atoms with Crippen LogP contribution in [0.25, 0.3) is 0 Å². The fourth-order valence-electron chi connectivity index (χ4n) is 1.93. The third kappa shape index (κ3) is 3.68. The number of aryl methyl sites for hydroxylation is 1. The first-order valence-corrected chi connectivity index (χ1v) is 6.56. The van der Waals surface area contributed by atoms with Crippen LogP contribution in [0, 0.1) is 0 Å². The van der Waals surface area contributed by atoms with Crippen molar-refractivity contribution in [3.63, 3.8) is 0 Å². The van der Waals surface area contributed by atoms with Crippen molar-refractivity contribution in [2.45, 2.75) is 6.42 Å². The molecule has 6 nitrogen and oxygen atoms in total. The van der Waals surface area contributed by atoms with E-state index < -0.39 is 0 Å². The number of para-hydroxylation sites is 1. The van der Waals surface area contributed by atoms with Gasteiger partial charge in [-0.1, -0.05) is 18.2 Å². The number of amides is 1. The molecule has 0 saturated heterocycles. The molecule has 1 amide bonds. The van der Waals surface area contributed by atoms with Crippen molar-refractivity contribution in [2.24, 2.45) is 7.05 Å². The molecular weight excluding hydrogens is 270 g/mol. The van der Waals surface area contributed by atoms with Gasteiger partial charge in [0.05, 0.1) is 7.11 Å². The summed E-state index contributed by atoms with van der Waals surface area (Å²) in [4.78, 5) is 23.2. The van der Waals surface area contributed by atoms with Crippen LogP contribution >= 0.6 is 0 Å². The van der Waals surface area contributed by atoms with Gasteiger partial charge in [0, 0.05) is 19.7 Å². The molecule has 0 unspecified atom stereocenters. The van der Waals surface area contributed by atoms with Gasteiger partial charge in [0.25, 0.3) is 11.5 Å². The molecule has 1 heterocycles. The van der Waals surface area contributed by atoms with Crippen molar-refractivity contribution in [1.82, 2.24) is 15.1 Å². The van der Waals surface area contributed by atoms with Gasteiger partial charge in [-0.25, -0.2) is 4.68 Å². The van der Waals surface area contributed by atoms with Crippen LogP contribution in [0.5, 0.6) is 5.75 Å². The predicted octanol–water partition coefficient (Wildman–Crippen LogP) is 0.761. The lowest BCUT2D eigenvalue weighted by Gasteiger charge is -2.09. The number of aromatic nitrogens is 2. The summed E-state index contributed by atoms with van der Waals surface area (Å²) in [5, 5.41) is 6.67. The van der Waals surface area contributed by atoms with E-state index in [2.05, 4.69) is 10.4 Å². The third-order valence-electron chi connectivity index (χ3n) is 3.07. The molecule has 2 rings (SSSR count). The highest BCUT2D eigenvalue weighted by Gasteiger charge is 2.08. The van der Waals surface area contributed by atoms with Gasteiger partial charge in [0.2, 0.25) is 0 Å². The minimum absolute atomic E-state index is 0.220. The number of carbonyl (C=O) groups excluding carboxylic acids is 1. The first-order chi connectivity index (χ1) is 10.1. The van der Waals surface area contributed by atoms with Gasteiger partial charge in [-0.15, -0.1) is 0 Å². The molecule has 0 aliphatic carbocycles. The Bertz CT molecular complexity index is 695. The van der Waals surface area contributed by atoms with E-state index in [1.54, 1.807) is 7.11 Å². The maximum Gasteiger partial charge on any atom is 0.271 e. The summed E-state index contributed by atoms with van der Waals surface area (Å²) < 4.78 is 6.39. The van der Waals surface area contributed by atoms with Crippen LogP contribution in [0.1, 0.15) is 16.1 Å². The fourth-order valence-corrected chi connectivity index (χ4v) is 1.93. The normalized spacial score (nSPS) is 10.2. The molecule has 0 radical (unpaired) electrons. The SMILES string of the molecule is COc1ccccc1CCNC(=O)c1ccc(=O)n(C)n1. The maximum absolute atomic E-state index is 11.9. The fraction of sp³-hybridized carbons (Fsp3) is 0.267. The van der Waals surface area contributed by atoms with Crippen LogP contribution in [0.4, 0.5) is 0 Å².